The Bertz CT molecular complexity index is 173. The topological polar surface area (TPSA) is 49.8 Å². The minimum Gasteiger partial charge on any atom is -0.515 e. The number of carbonyl (C=O) groups excluding carboxylic acids is 1. The van der Waals surface area contributed by atoms with Gasteiger partial charge >= 0.3 is 5.97 Å². The normalized spacial score (nSPS) is 10.6. The van der Waals surface area contributed by atoms with Crippen molar-refractivity contribution in [3.63, 3.8) is 0 Å². The van der Waals surface area contributed by atoms with Crippen molar-refractivity contribution >= 4 is 5.97 Å². The van der Waals surface area contributed by atoms with Crippen LogP contribution in [0.4, 0.5) is 0 Å². The molecule has 0 fully saturated rings. The molecular weight excluding hydrogens is 182 g/mol. The van der Waals surface area contributed by atoms with Crippen molar-refractivity contribution in [2.24, 2.45) is 0 Å². The maximum atomic E-state index is 10.7. The highest BCUT2D eigenvalue weighted by Crippen LogP contribution is 1.94. The summed E-state index contributed by atoms with van der Waals surface area (Å²) in [6.45, 7) is 3.81. The lowest BCUT2D eigenvalue weighted by Gasteiger charge is -2.00. The highest BCUT2D eigenvalue weighted by atomic mass is 16.5. The van der Waals surface area contributed by atoms with E-state index < -0.39 is 5.97 Å². The van der Waals surface area contributed by atoms with Gasteiger partial charge in [-0.15, -0.1) is 0 Å². The van der Waals surface area contributed by atoms with Crippen LogP contribution in [0.1, 0.15) is 20.3 Å². The molecule has 0 radical (unpaired) electrons. The minimum absolute atomic E-state index is 0.230. The van der Waals surface area contributed by atoms with E-state index in [-0.39, 0.29) is 5.57 Å². The van der Waals surface area contributed by atoms with Gasteiger partial charge in [0.25, 0.3) is 0 Å². The fraction of sp³-hybridized carbons (Fsp3) is 0.700. The summed E-state index contributed by atoms with van der Waals surface area (Å²) in [5, 5.41) is 8.34. The third kappa shape index (κ3) is 13.6. The molecule has 0 unspecified atom stereocenters. The quantitative estimate of drug-likeness (QED) is 0.430. The first kappa shape index (κ1) is 15.4. The van der Waals surface area contributed by atoms with Crippen LogP contribution in [0.25, 0.3) is 0 Å². The van der Waals surface area contributed by atoms with Gasteiger partial charge in [0.1, 0.15) is 0 Å². The standard InChI is InChI=1S/C7H12O3.C3H9N/c1-3-4-10-7(9)6(2)5-8;1-4(2)3/h5,8H,3-4H2,1-2H3;1-3H3. The molecule has 0 aromatic heterocycles. The molecule has 0 aromatic carbocycles. The zero-order valence-electron chi connectivity index (χ0n) is 9.70. The summed E-state index contributed by atoms with van der Waals surface area (Å²) in [5.41, 5.74) is 0.230. The van der Waals surface area contributed by atoms with Gasteiger partial charge in [-0.1, -0.05) is 6.92 Å². The van der Waals surface area contributed by atoms with Crippen LogP contribution in [-0.4, -0.2) is 43.7 Å². The molecule has 4 nitrogen and oxygen atoms in total. The molecule has 1 N–H and O–H groups in total. The van der Waals surface area contributed by atoms with Gasteiger partial charge in [-0.2, -0.15) is 0 Å². The van der Waals surface area contributed by atoms with E-state index in [0.29, 0.717) is 6.61 Å². The SMILES string of the molecule is CCCOC(=O)C(C)=CO.CN(C)C. The molecule has 0 aliphatic heterocycles. The Balaban J connectivity index is 0. The number of nitrogens with zero attached hydrogens (tertiary/aromatic N) is 1. The number of ether oxygens (including phenoxy) is 1. The van der Waals surface area contributed by atoms with Gasteiger partial charge in [-0.25, -0.2) is 4.79 Å². The Morgan fingerprint density at radius 2 is 1.86 bits per heavy atom. The largest absolute Gasteiger partial charge is 0.515 e. The molecule has 0 spiro atoms. The number of hydrogen-bond acceptors (Lipinski definition) is 4. The summed E-state index contributed by atoms with van der Waals surface area (Å²) in [6.07, 6.45) is 1.54. The van der Waals surface area contributed by atoms with Crippen molar-refractivity contribution in [2.45, 2.75) is 20.3 Å². The Hall–Kier alpha value is -1.03. The zero-order chi connectivity index (χ0) is 11.6. The zero-order valence-corrected chi connectivity index (χ0v) is 9.70. The number of carbonyl (C=O) groups is 1. The molecule has 84 valence electrons. The molecule has 4 heteroatoms. The number of rotatable bonds is 3. The average molecular weight is 203 g/mol. The Morgan fingerprint density at radius 1 is 1.43 bits per heavy atom. The van der Waals surface area contributed by atoms with Crippen LogP contribution in [0.3, 0.4) is 0 Å². The fourth-order valence-corrected chi connectivity index (χ4v) is 0.361. The van der Waals surface area contributed by atoms with Crippen molar-refractivity contribution in [2.75, 3.05) is 27.7 Å². The molecule has 0 aliphatic carbocycles. The van der Waals surface area contributed by atoms with Crippen LogP contribution in [0.2, 0.25) is 0 Å². The molecule has 0 saturated carbocycles. The van der Waals surface area contributed by atoms with Crippen molar-refractivity contribution in [1.29, 1.82) is 0 Å². The molecule has 0 bridgehead atoms. The molecular formula is C10H21NO3. The van der Waals surface area contributed by atoms with Gasteiger partial charge in [-0.3, -0.25) is 0 Å². The minimum atomic E-state index is -0.454. The predicted octanol–water partition coefficient (Wildman–Crippen LogP) is 1.58. The second kappa shape index (κ2) is 10.1. The van der Waals surface area contributed by atoms with E-state index in [1.54, 1.807) is 0 Å². The van der Waals surface area contributed by atoms with E-state index in [0.717, 1.165) is 12.7 Å². The first-order valence-corrected chi connectivity index (χ1v) is 4.54. The molecule has 0 aliphatic rings. The van der Waals surface area contributed by atoms with Crippen molar-refractivity contribution in [1.82, 2.24) is 4.90 Å². The van der Waals surface area contributed by atoms with Crippen LogP contribution in [0.15, 0.2) is 11.8 Å². The van der Waals surface area contributed by atoms with E-state index in [4.69, 9.17) is 5.11 Å². The van der Waals surface area contributed by atoms with Crippen LogP contribution >= 0.6 is 0 Å². The van der Waals surface area contributed by atoms with Gasteiger partial charge in [0.2, 0.25) is 0 Å². The number of hydrogen-bond donors (Lipinski definition) is 1. The summed E-state index contributed by atoms with van der Waals surface area (Å²) in [5.74, 6) is -0.454. The monoisotopic (exact) mass is 203 g/mol. The van der Waals surface area contributed by atoms with E-state index in [9.17, 15) is 4.79 Å². The summed E-state index contributed by atoms with van der Waals surface area (Å²) >= 11 is 0. The predicted molar refractivity (Wildman–Crippen MR) is 57.2 cm³/mol. The van der Waals surface area contributed by atoms with E-state index in [1.165, 1.54) is 6.92 Å². The Morgan fingerprint density at radius 3 is 2.14 bits per heavy atom. The summed E-state index contributed by atoms with van der Waals surface area (Å²) in [4.78, 5) is 12.7. The highest BCUT2D eigenvalue weighted by molar-refractivity contribution is 5.87. The molecule has 0 heterocycles. The second-order valence-corrected chi connectivity index (χ2v) is 3.29. The smallest absolute Gasteiger partial charge is 0.336 e. The molecule has 0 atom stereocenters. The van der Waals surface area contributed by atoms with Crippen molar-refractivity contribution < 1.29 is 14.6 Å². The third-order valence-corrected chi connectivity index (χ3v) is 0.953. The van der Waals surface area contributed by atoms with E-state index in [2.05, 4.69) is 4.74 Å². The maximum absolute atomic E-state index is 10.7. The molecule has 0 rings (SSSR count). The maximum Gasteiger partial charge on any atom is 0.336 e. The number of esters is 1. The van der Waals surface area contributed by atoms with Crippen molar-refractivity contribution in [3.8, 4) is 0 Å². The fourth-order valence-electron chi connectivity index (χ4n) is 0.361. The van der Waals surface area contributed by atoms with E-state index in [1.807, 2.05) is 33.0 Å². The summed E-state index contributed by atoms with van der Waals surface area (Å²) < 4.78 is 4.68. The van der Waals surface area contributed by atoms with Crippen LogP contribution in [0, 0.1) is 0 Å². The lowest BCUT2D eigenvalue weighted by atomic mass is 10.3. The first-order chi connectivity index (χ1) is 6.45. The van der Waals surface area contributed by atoms with Gasteiger partial charge in [0.15, 0.2) is 0 Å². The lowest BCUT2D eigenvalue weighted by molar-refractivity contribution is -0.139. The second-order valence-electron chi connectivity index (χ2n) is 3.29. The number of aliphatic hydroxyl groups is 1. The van der Waals surface area contributed by atoms with E-state index >= 15 is 0 Å². The Labute approximate surface area is 86.2 Å². The van der Waals surface area contributed by atoms with Crippen LogP contribution in [-0.2, 0) is 9.53 Å². The van der Waals surface area contributed by atoms with Crippen LogP contribution in [0.5, 0.6) is 0 Å². The summed E-state index contributed by atoms with van der Waals surface area (Å²) in [7, 11) is 6.00. The van der Waals surface area contributed by atoms with Gasteiger partial charge < -0.3 is 14.7 Å². The molecule has 0 amide bonds. The summed E-state index contributed by atoms with van der Waals surface area (Å²) in [6, 6.07) is 0. The van der Waals surface area contributed by atoms with Crippen molar-refractivity contribution in [3.05, 3.63) is 11.8 Å². The number of aliphatic hydroxyl groups excluding tert-OH is 1. The van der Waals surface area contributed by atoms with Gasteiger partial charge in [-0.05, 0) is 34.5 Å². The van der Waals surface area contributed by atoms with Gasteiger partial charge in [0, 0.05) is 0 Å². The third-order valence-electron chi connectivity index (χ3n) is 0.953. The first-order valence-electron chi connectivity index (χ1n) is 4.54. The Kier molecular flexibility index (Phi) is 11.1. The average Bonchev–Trinajstić information content (AvgIpc) is 2.11. The lowest BCUT2D eigenvalue weighted by Crippen LogP contribution is -2.06. The molecule has 14 heavy (non-hydrogen) atoms. The molecule has 0 aromatic rings. The highest BCUT2D eigenvalue weighted by Gasteiger charge is 2.03. The van der Waals surface area contributed by atoms with Crippen LogP contribution < -0.4 is 0 Å². The van der Waals surface area contributed by atoms with Gasteiger partial charge in [0.05, 0.1) is 18.4 Å². The molecule has 0 saturated heterocycles.